The Labute approximate surface area is 213 Å². The number of aldehydes is 1. The summed E-state index contributed by atoms with van der Waals surface area (Å²) in [5.74, 6) is 0. The molecule has 0 saturated carbocycles. The lowest BCUT2D eigenvalue weighted by Crippen LogP contribution is -2.28. The molecule has 0 fully saturated rings. The Bertz CT molecular complexity index is 1270. The first-order valence-electron chi connectivity index (χ1n) is 11.3. The molecule has 2 aliphatic carbocycles. The monoisotopic (exact) mass is 485 g/mol. The first-order valence-corrected chi connectivity index (χ1v) is 11.3. The molecule has 0 spiro atoms. The van der Waals surface area contributed by atoms with Crippen molar-refractivity contribution in [3.8, 4) is 0 Å². The smallest absolute Gasteiger partial charge is 0.168 e. The minimum Gasteiger partial charge on any atom is -0.405 e. The Balaban J connectivity index is 0.00000145. The highest BCUT2D eigenvalue weighted by Crippen LogP contribution is 2.32. The number of carbonyl (C=O) groups is 1. The molecule has 0 amide bonds. The van der Waals surface area contributed by atoms with Gasteiger partial charge >= 0.3 is 0 Å². The highest BCUT2D eigenvalue weighted by atomic mass is 16.1. The standard InChI is InChI=1S/C26H30N6O.C2H5N/c1-16-13-29-32(6)23(15-33)12-24(30-19(16)4)20(5)28-14-21-8-7-9-22(11-10-21)31-26-18(3)17(2)25(26)27;1-2-3/h7-10,12-13,15,28,31H,2-3,5,11,14,27H2,1,4,6H3;2H,1,3H2. The largest absolute Gasteiger partial charge is 0.405 e. The van der Waals surface area contributed by atoms with Crippen LogP contribution >= 0.6 is 0 Å². The number of carbonyl (C=O) groups excluding carboxylic acids is 1. The van der Waals surface area contributed by atoms with E-state index in [9.17, 15) is 4.79 Å². The van der Waals surface area contributed by atoms with Crippen molar-refractivity contribution < 1.29 is 4.79 Å². The number of allylic oxidation sites excluding steroid dienone is 5. The average Bonchev–Trinajstić information content (AvgIpc) is 3.08. The topological polar surface area (TPSA) is 124 Å². The highest BCUT2D eigenvalue weighted by molar-refractivity contribution is 5.73. The number of hydrogen-bond acceptors (Lipinski definition) is 7. The first kappa shape index (κ1) is 27.7. The van der Waals surface area contributed by atoms with Gasteiger partial charge in [0.05, 0.1) is 29.0 Å². The molecule has 6 N–H and O–H groups in total. The summed E-state index contributed by atoms with van der Waals surface area (Å²) in [5, 5.41) is 10.9. The number of nitrogens with one attached hydrogen (secondary N) is 2. The minimum atomic E-state index is 0.387. The fourth-order valence-corrected chi connectivity index (χ4v) is 3.19. The third-order valence-electron chi connectivity index (χ3n) is 5.62. The molecule has 8 heteroatoms. The fourth-order valence-electron chi connectivity index (χ4n) is 3.19. The van der Waals surface area contributed by atoms with Gasteiger partial charge in [-0.25, -0.2) is 0 Å². The molecule has 0 atom stereocenters. The summed E-state index contributed by atoms with van der Waals surface area (Å²) in [6.07, 6.45) is 12.6. The quantitative estimate of drug-likeness (QED) is 0.434. The highest BCUT2D eigenvalue weighted by Gasteiger charge is 2.24. The van der Waals surface area contributed by atoms with Gasteiger partial charge in [-0.1, -0.05) is 44.5 Å². The van der Waals surface area contributed by atoms with Gasteiger partial charge in [0.2, 0.25) is 0 Å². The summed E-state index contributed by atoms with van der Waals surface area (Å²) < 4.78 is 1.52. The zero-order valence-corrected chi connectivity index (χ0v) is 21.3. The van der Waals surface area contributed by atoms with Crippen molar-refractivity contribution in [2.24, 2.45) is 18.5 Å². The van der Waals surface area contributed by atoms with Crippen molar-refractivity contribution in [2.75, 3.05) is 6.54 Å². The van der Waals surface area contributed by atoms with Crippen LogP contribution in [0.15, 0.2) is 103 Å². The van der Waals surface area contributed by atoms with Gasteiger partial charge in [0.25, 0.3) is 0 Å². The molecule has 3 rings (SSSR count). The molecule has 1 aromatic rings. The Morgan fingerprint density at radius 3 is 2.61 bits per heavy atom. The summed E-state index contributed by atoms with van der Waals surface area (Å²) >= 11 is 0. The van der Waals surface area contributed by atoms with Gasteiger partial charge in [0.15, 0.2) is 6.29 Å². The summed E-state index contributed by atoms with van der Waals surface area (Å²) in [6.45, 7) is 19.5. The summed E-state index contributed by atoms with van der Waals surface area (Å²) in [4.78, 5) is 16.2. The van der Waals surface area contributed by atoms with E-state index in [1.54, 1.807) is 19.3 Å². The third kappa shape index (κ3) is 6.96. The number of nitrogens with two attached hydrogens (primary N) is 2. The van der Waals surface area contributed by atoms with Gasteiger partial charge in [-0.3, -0.25) is 14.5 Å². The van der Waals surface area contributed by atoms with Crippen molar-refractivity contribution >= 4 is 12.0 Å². The molecular formula is C28H35N7O. The zero-order valence-electron chi connectivity index (χ0n) is 21.3. The van der Waals surface area contributed by atoms with Gasteiger partial charge in [-0.15, -0.1) is 0 Å². The molecule has 0 radical (unpaired) electrons. The molecule has 0 aliphatic heterocycles. The van der Waals surface area contributed by atoms with Crippen molar-refractivity contribution in [1.82, 2.24) is 25.4 Å². The second-order valence-corrected chi connectivity index (χ2v) is 8.19. The molecule has 0 saturated heterocycles. The second-order valence-electron chi connectivity index (χ2n) is 8.19. The molecule has 0 unspecified atom stereocenters. The molecule has 1 aromatic heterocycles. The third-order valence-corrected chi connectivity index (χ3v) is 5.62. The first-order chi connectivity index (χ1) is 17.1. The summed E-state index contributed by atoms with van der Waals surface area (Å²) in [7, 11) is 1.72. The predicted octanol–water partition coefficient (Wildman–Crippen LogP) is 3.67. The van der Waals surface area contributed by atoms with E-state index in [0.717, 1.165) is 45.7 Å². The molecule has 1 heterocycles. The van der Waals surface area contributed by atoms with Crippen LogP contribution in [-0.2, 0) is 7.05 Å². The van der Waals surface area contributed by atoms with E-state index in [0.29, 0.717) is 35.7 Å². The Morgan fingerprint density at radius 1 is 1.28 bits per heavy atom. The lowest BCUT2D eigenvalue weighted by molar-refractivity contribution is 0.111. The Hall–Kier alpha value is -4.59. The normalized spacial score (nSPS) is 14.2. The maximum Gasteiger partial charge on any atom is 0.168 e. The van der Waals surface area contributed by atoms with Crippen LogP contribution in [0.1, 0.15) is 33.9 Å². The zero-order chi connectivity index (χ0) is 26.8. The van der Waals surface area contributed by atoms with Crippen LogP contribution in [0.2, 0.25) is 0 Å². The van der Waals surface area contributed by atoms with E-state index in [-0.39, 0.29) is 0 Å². The second kappa shape index (κ2) is 12.8. The number of hydrogen-bond donors (Lipinski definition) is 4. The van der Waals surface area contributed by atoms with Gasteiger partial charge in [0.1, 0.15) is 5.69 Å². The molecule has 188 valence electrons. The summed E-state index contributed by atoms with van der Waals surface area (Å²) in [6, 6.07) is 1.68. The lowest BCUT2D eigenvalue weighted by atomic mass is 9.90. The van der Waals surface area contributed by atoms with Crippen LogP contribution in [0.5, 0.6) is 0 Å². The van der Waals surface area contributed by atoms with Crippen molar-refractivity contribution in [2.45, 2.75) is 20.3 Å². The van der Waals surface area contributed by atoms with E-state index in [4.69, 9.17) is 5.73 Å². The molecule has 2 aliphatic rings. The van der Waals surface area contributed by atoms with E-state index in [1.165, 1.54) is 10.9 Å². The van der Waals surface area contributed by atoms with Gasteiger partial charge in [-0.2, -0.15) is 5.10 Å². The van der Waals surface area contributed by atoms with E-state index in [1.807, 2.05) is 32.1 Å². The number of aromatic nitrogens is 3. The van der Waals surface area contributed by atoms with Crippen LogP contribution in [0.3, 0.4) is 0 Å². The fraction of sp³-hybridized carbons (Fsp3) is 0.179. The van der Waals surface area contributed by atoms with Gasteiger partial charge in [-0.05, 0) is 43.3 Å². The maximum atomic E-state index is 11.6. The maximum absolute atomic E-state index is 11.6. The van der Waals surface area contributed by atoms with Crippen LogP contribution in [0.25, 0.3) is 5.70 Å². The van der Waals surface area contributed by atoms with Gasteiger partial charge in [0, 0.05) is 42.6 Å². The van der Waals surface area contributed by atoms with E-state index >= 15 is 0 Å². The minimum absolute atomic E-state index is 0.387. The average molecular weight is 486 g/mol. The number of nitrogens with zero attached hydrogens (tertiary/aromatic N) is 3. The van der Waals surface area contributed by atoms with Gasteiger partial charge < -0.3 is 22.1 Å². The van der Waals surface area contributed by atoms with Crippen LogP contribution in [-0.4, -0.2) is 27.6 Å². The Morgan fingerprint density at radius 2 is 1.97 bits per heavy atom. The molecule has 0 aromatic carbocycles. The number of aryl methyl sites for hydroxylation is 3. The molecule has 36 heavy (non-hydrogen) atoms. The molecular weight excluding hydrogens is 450 g/mol. The SMILES string of the molecule is C=C1C(=C)C(NC2=CC=CC(CNC(=C)c3cc(C=O)n(C)ncc(C)c(C)n3)=CC2)=C1N.C=CN. The predicted molar refractivity (Wildman–Crippen MR) is 147 cm³/mol. The summed E-state index contributed by atoms with van der Waals surface area (Å²) in [5.41, 5.74) is 19.1. The van der Waals surface area contributed by atoms with Crippen LogP contribution in [0.4, 0.5) is 0 Å². The Kier molecular flexibility index (Phi) is 9.80. The molecule has 0 bridgehead atoms. The van der Waals surface area contributed by atoms with Crippen molar-refractivity contribution in [3.05, 3.63) is 126 Å². The van der Waals surface area contributed by atoms with Crippen molar-refractivity contribution in [3.63, 3.8) is 0 Å². The van der Waals surface area contributed by atoms with Crippen molar-refractivity contribution in [1.29, 1.82) is 0 Å². The van der Waals surface area contributed by atoms with E-state index < -0.39 is 0 Å². The van der Waals surface area contributed by atoms with E-state index in [2.05, 4.69) is 58.8 Å². The lowest BCUT2D eigenvalue weighted by Gasteiger charge is -2.27. The van der Waals surface area contributed by atoms with Crippen LogP contribution < -0.4 is 22.1 Å². The number of rotatable bonds is 7. The molecule has 8 nitrogen and oxygen atoms in total. The van der Waals surface area contributed by atoms with Crippen LogP contribution in [0, 0.1) is 13.8 Å².